The summed E-state index contributed by atoms with van der Waals surface area (Å²) in [5, 5.41) is 27.2. The number of halogens is 1. The fraction of sp³-hybridized carbons (Fsp3) is 0.591. The predicted octanol–water partition coefficient (Wildman–Crippen LogP) is 5.08. The van der Waals surface area contributed by atoms with E-state index < -0.39 is 0 Å². The second-order valence-corrected chi connectivity index (χ2v) is 9.45. The molecule has 0 atom stereocenters. The molecule has 0 saturated carbocycles. The van der Waals surface area contributed by atoms with E-state index in [4.69, 9.17) is 5.11 Å². The first-order valence-electron chi connectivity index (χ1n) is 10.6. The summed E-state index contributed by atoms with van der Waals surface area (Å²) in [5.41, 5.74) is 2.24. The topological polar surface area (TPSA) is 80.6 Å². The Morgan fingerprint density at radius 3 is 2.43 bits per heavy atom. The lowest BCUT2D eigenvalue weighted by Crippen LogP contribution is -2.44. The Morgan fingerprint density at radius 1 is 1.27 bits per heavy atom. The molecule has 0 amide bonds. The third-order valence-electron chi connectivity index (χ3n) is 5.57. The zero-order chi connectivity index (χ0) is 22.0. The molecule has 8 heteroatoms. The largest absolute Gasteiger partial charge is 0.506 e. The van der Waals surface area contributed by atoms with E-state index in [0.717, 1.165) is 33.8 Å². The van der Waals surface area contributed by atoms with Crippen LogP contribution >= 0.6 is 27.3 Å². The van der Waals surface area contributed by atoms with Crippen molar-refractivity contribution in [2.75, 3.05) is 43.9 Å². The first kappa shape index (κ1) is 24.9. The molecule has 0 bridgehead atoms. The molecule has 6 nitrogen and oxygen atoms in total. The van der Waals surface area contributed by atoms with Crippen molar-refractivity contribution >= 4 is 38.1 Å². The maximum atomic E-state index is 10.0. The van der Waals surface area contributed by atoms with Gasteiger partial charge in [0.15, 0.2) is 5.13 Å². The second kappa shape index (κ2) is 12.5. The molecular weight excluding hydrogens is 464 g/mol. The fourth-order valence-corrected chi connectivity index (χ4v) is 4.76. The number of benzene rings is 1. The number of phenolic OH excluding ortho intramolecular Hbond substituents is 1. The van der Waals surface area contributed by atoms with Gasteiger partial charge < -0.3 is 20.8 Å². The summed E-state index contributed by atoms with van der Waals surface area (Å²) in [5.74, 6) is 0.347. The van der Waals surface area contributed by atoms with E-state index in [1.54, 1.807) is 17.5 Å². The first-order chi connectivity index (χ1) is 14.5. The number of aliphatic hydroxyl groups excluding tert-OH is 1. The van der Waals surface area contributed by atoms with E-state index in [9.17, 15) is 5.11 Å². The maximum absolute atomic E-state index is 10.0. The Hall–Kier alpha value is -1.35. The van der Waals surface area contributed by atoms with E-state index in [1.165, 1.54) is 38.8 Å². The predicted molar refractivity (Wildman–Crippen MR) is 131 cm³/mol. The number of thiazole rings is 1. The summed E-state index contributed by atoms with van der Waals surface area (Å²) in [4.78, 5) is 6.57. The molecule has 4 rings (SSSR count). The normalized spacial score (nSPS) is 16.7. The molecule has 0 aliphatic carbocycles. The van der Waals surface area contributed by atoms with Gasteiger partial charge >= 0.3 is 0 Å². The van der Waals surface area contributed by atoms with Crippen LogP contribution in [0.5, 0.6) is 5.75 Å². The summed E-state index contributed by atoms with van der Waals surface area (Å²) in [6.45, 7) is 7.66. The molecule has 3 heterocycles. The first-order valence-corrected chi connectivity index (χ1v) is 12.3. The van der Waals surface area contributed by atoms with Crippen molar-refractivity contribution in [2.45, 2.75) is 51.5 Å². The molecule has 30 heavy (non-hydrogen) atoms. The van der Waals surface area contributed by atoms with Gasteiger partial charge in [0.1, 0.15) is 5.75 Å². The Labute approximate surface area is 192 Å². The molecule has 2 fully saturated rings. The lowest BCUT2D eigenvalue weighted by molar-refractivity contribution is 0.209. The van der Waals surface area contributed by atoms with Gasteiger partial charge in [0.2, 0.25) is 0 Å². The Kier molecular flexibility index (Phi) is 10.4. The van der Waals surface area contributed by atoms with Gasteiger partial charge in [-0.05, 0) is 69.8 Å². The van der Waals surface area contributed by atoms with Crippen molar-refractivity contribution in [1.82, 2.24) is 9.88 Å². The molecule has 0 unspecified atom stereocenters. The minimum Gasteiger partial charge on any atom is -0.506 e. The van der Waals surface area contributed by atoms with Crippen LogP contribution in [0.25, 0.3) is 0 Å². The molecule has 0 spiro atoms. The molecule has 168 valence electrons. The van der Waals surface area contributed by atoms with Gasteiger partial charge in [-0.1, -0.05) is 22.9 Å². The molecule has 4 N–H and O–H groups in total. The fourth-order valence-electron chi connectivity index (χ4n) is 3.93. The highest BCUT2D eigenvalue weighted by Gasteiger charge is 2.43. The van der Waals surface area contributed by atoms with Gasteiger partial charge in [-0.2, -0.15) is 0 Å². The number of phenols is 1. The van der Waals surface area contributed by atoms with Crippen molar-refractivity contribution in [2.24, 2.45) is 0 Å². The molecule has 2 aliphatic heterocycles. The van der Waals surface area contributed by atoms with Crippen molar-refractivity contribution < 1.29 is 10.2 Å². The second-order valence-electron chi connectivity index (χ2n) is 7.70. The lowest BCUT2D eigenvalue weighted by atomic mass is 9.94. The number of hydrogen-bond acceptors (Lipinski definition) is 7. The molecule has 2 saturated heterocycles. The van der Waals surface area contributed by atoms with Crippen LogP contribution in [0.4, 0.5) is 10.8 Å². The number of nitrogens with one attached hydrogen (secondary N) is 2. The molecule has 0 radical (unpaired) electrons. The van der Waals surface area contributed by atoms with Crippen LogP contribution in [-0.4, -0.2) is 58.9 Å². The third kappa shape index (κ3) is 6.83. The average molecular weight is 500 g/mol. The van der Waals surface area contributed by atoms with E-state index in [1.807, 2.05) is 38.4 Å². The standard InChI is InChI=1S/C15H21BrN2O.C4H6N2S.C3H8O/c1-11-8-14(19)13(9-12(11)16)17-10-15-4-2-6-18(15)7-3-5-15;1-5-4-6-2-3-7-4;1-2-3-4/h8-9,17,19H,2-7,10H2,1H3;2-3H,1H3,(H,5,6);4H,2-3H2,1H3. The van der Waals surface area contributed by atoms with Crippen molar-refractivity contribution in [1.29, 1.82) is 0 Å². The number of aromatic nitrogens is 1. The monoisotopic (exact) mass is 498 g/mol. The Balaban J connectivity index is 0.000000241. The maximum Gasteiger partial charge on any atom is 0.182 e. The highest BCUT2D eigenvalue weighted by atomic mass is 79.9. The van der Waals surface area contributed by atoms with Crippen LogP contribution in [0.15, 0.2) is 28.2 Å². The number of hydrogen-bond donors (Lipinski definition) is 4. The zero-order valence-corrected chi connectivity index (χ0v) is 20.7. The molecule has 1 aromatic carbocycles. The van der Waals surface area contributed by atoms with Gasteiger partial charge in [-0.15, -0.1) is 11.3 Å². The average Bonchev–Trinajstić information content (AvgIpc) is 3.47. The molecular formula is C22H35BrN4O2S. The van der Waals surface area contributed by atoms with E-state index in [-0.39, 0.29) is 0 Å². The summed E-state index contributed by atoms with van der Waals surface area (Å²) >= 11 is 5.13. The molecule has 2 aromatic rings. The SMILES string of the molecule is CCCO.CNc1nccs1.Cc1cc(O)c(NCC23CCCN2CCC3)cc1Br. The van der Waals surface area contributed by atoms with Crippen molar-refractivity contribution in [3.63, 3.8) is 0 Å². The van der Waals surface area contributed by atoms with Gasteiger partial charge in [0.25, 0.3) is 0 Å². The van der Waals surface area contributed by atoms with Gasteiger partial charge in [0, 0.05) is 41.8 Å². The van der Waals surface area contributed by atoms with Crippen molar-refractivity contribution in [3.05, 3.63) is 33.7 Å². The number of fused-ring (bicyclic) bond motifs is 1. The summed E-state index contributed by atoms with van der Waals surface area (Å²) in [7, 11) is 1.86. The van der Waals surface area contributed by atoms with Crippen LogP contribution in [0.2, 0.25) is 0 Å². The number of aliphatic hydroxyl groups is 1. The number of aryl methyl sites for hydroxylation is 1. The Bertz CT molecular complexity index is 746. The Morgan fingerprint density at radius 2 is 1.93 bits per heavy atom. The lowest BCUT2D eigenvalue weighted by Gasteiger charge is -2.32. The third-order valence-corrected chi connectivity index (χ3v) is 7.21. The van der Waals surface area contributed by atoms with Crippen LogP contribution in [0.1, 0.15) is 44.6 Å². The number of nitrogens with zero attached hydrogens (tertiary/aromatic N) is 2. The van der Waals surface area contributed by atoms with Gasteiger partial charge in [-0.3, -0.25) is 4.90 Å². The highest BCUT2D eigenvalue weighted by Crippen LogP contribution is 2.39. The minimum absolute atomic E-state index is 0.319. The smallest absolute Gasteiger partial charge is 0.182 e. The van der Waals surface area contributed by atoms with E-state index >= 15 is 0 Å². The van der Waals surface area contributed by atoms with Crippen LogP contribution in [-0.2, 0) is 0 Å². The number of rotatable bonds is 5. The van der Waals surface area contributed by atoms with Crippen LogP contribution in [0, 0.1) is 6.92 Å². The van der Waals surface area contributed by atoms with E-state index in [0.29, 0.717) is 17.9 Å². The minimum atomic E-state index is 0.319. The van der Waals surface area contributed by atoms with Gasteiger partial charge in [-0.25, -0.2) is 4.98 Å². The number of anilines is 2. The summed E-state index contributed by atoms with van der Waals surface area (Å²) < 4.78 is 1.04. The quantitative estimate of drug-likeness (QED) is 0.430. The summed E-state index contributed by atoms with van der Waals surface area (Å²) in [6, 6.07) is 3.79. The molecule has 2 aliphatic rings. The summed E-state index contributed by atoms with van der Waals surface area (Å²) in [6.07, 6.45) is 7.84. The number of aromatic hydroxyl groups is 1. The van der Waals surface area contributed by atoms with Gasteiger partial charge in [0.05, 0.1) is 5.69 Å². The molecule has 1 aromatic heterocycles. The van der Waals surface area contributed by atoms with Crippen LogP contribution < -0.4 is 10.6 Å². The zero-order valence-electron chi connectivity index (χ0n) is 18.2. The highest BCUT2D eigenvalue weighted by molar-refractivity contribution is 9.10. The van der Waals surface area contributed by atoms with Crippen molar-refractivity contribution in [3.8, 4) is 5.75 Å². The van der Waals surface area contributed by atoms with E-state index in [2.05, 4.69) is 36.4 Å². The van der Waals surface area contributed by atoms with Crippen LogP contribution in [0.3, 0.4) is 0 Å².